The van der Waals surface area contributed by atoms with Crippen LogP contribution in [0.4, 0.5) is 4.79 Å². The summed E-state index contributed by atoms with van der Waals surface area (Å²) in [5.74, 6) is 1.92. The smallest absolute Gasteiger partial charge is 0.407 e. The van der Waals surface area contributed by atoms with E-state index >= 15 is 0 Å². The molecule has 0 spiro atoms. The minimum Gasteiger partial charge on any atom is -0.493 e. The molecule has 2 aromatic carbocycles. The number of hydrogen-bond donors (Lipinski definition) is 1. The van der Waals surface area contributed by atoms with Crippen molar-refractivity contribution in [1.82, 2.24) is 4.90 Å². The number of benzene rings is 2. The normalized spacial score (nSPS) is 18.9. The zero-order valence-corrected chi connectivity index (χ0v) is 16.6. The fourth-order valence-corrected chi connectivity index (χ4v) is 3.85. The van der Waals surface area contributed by atoms with Crippen LogP contribution in [0.15, 0.2) is 48.5 Å². The third kappa shape index (κ3) is 4.97. The first-order chi connectivity index (χ1) is 13.6. The number of ether oxygens (including phenoxy) is 2. The van der Waals surface area contributed by atoms with E-state index in [1.165, 1.54) is 10.5 Å². The molecular weight excluding hydrogens is 354 g/mol. The molecule has 0 unspecified atom stereocenters. The second-order valence-electron chi connectivity index (χ2n) is 7.47. The maximum absolute atomic E-state index is 11.3. The molecule has 5 heteroatoms. The standard InChI is InChI=1S/C23H29NO4/c1-17-15-24(23(25)26)16-20(17)19-11-12-21(27-2)22(14-19)28-13-7-6-10-18-8-4-3-5-9-18/h3-5,8-9,11-12,14,17,20H,6-7,10,13,15-16H2,1-2H3,(H,25,26)/t17-,20+/m1/s1. The predicted octanol–water partition coefficient (Wildman–Crippen LogP) is 4.81. The maximum atomic E-state index is 11.3. The summed E-state index contributed by atoms with van der Waals surface area (Å²) in [6.07, 6.45) is 2.23. The molecule has 1 N–H and O–H groups in total. The number of carbonyl (C=O) groups is 1. The molecule has 1 amide bonds. The van der Waals surface area contributed by atoms with Crippen LogP contribution in [0.1, 0.15) is 36.8 Å². The van der Waals surface area contributed by atoms with Crippen molar-refractivity contribution in [3.05, 3.63) is 59.7 Å². The number of rotatable bonds is 8. The Hall–Kier alpha value is -2.69. The van der Waals surface area contributed by atoms with Gasteiger partial charge in [-0.2, -0.15) is 0 Å². The first-order valence-corrected chi connectivity index (χ1v) is 9.91. The Bertz CT molecular complexity index is 777. The van der Waals surface area contributed by atoms with Crippen LogP contribution in [-0.2, 0) is 6.42 Å². The highest BCUT2D eigenvalue weighted by Crippen LogP contribution is 2.37. The Labute approximate surface area is 166 Å². The van der Waals surface area contributed by atoms with Crippen LogP contribution in [0.25, 0.3) is 0 Å². The summed E-state index contributed by atoms with van der Waals surface area (Å²) < 4.78 is 11.5. The highest BCUT2D eigenvalue weighted by Gasteiger charge is 2.33. The van der Waals surface area contributed by atoms with Gasteiger partial charge in [-0.3, -0.25) is 0 Å². The molecular formula is C23H29NO4. The summed E-state index contributed by atoms with van der Waals surface area (Å²) in [6, 6.07) is 16.4. The Morgan fingerprint density at radius 1 is 1.11 bits per heavy atom. The van der Waals surface area contributed by atoms with E-state index < -0.39 is 6.09 Å². The minimum absolute atomic E-state index is 0.183. The van der Waals surface area contributed by atoms with Gasteiger partial charge in [0.1, 0.15) is 0 Å². The molecule has 1 aliphatic rings. The lowest BCUT2D eigenvalue weighted by atomic mass is 9.90. The molecule has 5 nitrogen and oxygen atoms in total. The number of likely N-dealkylation sites (tertiary alicyclic amines) is 1. The van der Waals surface area contributed by atoms with Crippen LogP contribution in [-0.4, -0.2) is 42.9 Å². The van der Waals surface area contributed by atoms with Crippen LogP contribution in [0.3, 0.4) is 0 Å². The van der Waals surface area contributed by atoms with Crippen molar-refractivity contribution in [3.8, 4) is 11.5 Å². The Balaban J connectivity index is 1.57. The van der Waals surface area contributed by atoms with Gasteiger partial charge in [-0.15, -0.1) is 0 Å². The molecule has 0 saturated carbocycles. The molecule has 2 atom stereocenters. The zero-order valence-electron chi connectivity index (χ0n) is 16.6. The molecule has 0 radical (unpaired) electrons. The Kier molecular flexibility index (Phi) is 6.80. The fourth-order valence-electron chi connectivity index (χ4n) is 3.85. The van der Waals surface area contributed by atoms with Gasteiger partial charge in [0.05, 0.1) is 13.7 Å². The van der Waals surface area contributed by atoms with Crippen LogP contribution in [0, 0.1) is 5.92 Å². The SMILES string of the molecule is COc1ccc([C@H]2CN(C(=O)O)C[C@H]2C)cc1OCCCCc1ccccc1. The fraction of sp³-hybridized carbons (Fsp3) is 0.435. The van der Waals surface area contributed by atoms with Gasteiger partial charge in [0.2, 0.25) is 0 Å². The first kappa shape index (κ1) is 20.1. The lowest BCUT2D eigenvalue weighted by Gasteiger charge is -2.18. The highest BCUT2D eigenvalue weighted by molar-refractivity contribution is 5.65. The first-order valence-electron chi connectivity index (χ1n) is 9.91. The molecule has 3 rings (SSSR count). The number of unbranched alkanes of at least 4 members (excludes halogenated alkanes) is 1. The lowest BCUT2D eigenvalue weighted by molar-refractivity contribution is 0.154. The second kappa shape index (κ2) is 9.49. The van der Waals surface area contributed by atoms with Gasteiger partial charge >= 0.3 is 6.09 Å². The summed E-state index contributed by atoms with van der Waals surface area (Å²) in [5, 5.41) is 9.26. The third-order valence-corrected chi connectivity index (χ3v) is 5.46. The van der Waals surface area contributed by atoms with Gasteiger partial charge in [-0.25, -0.2) is 4.79 Å². The number of methoxy groups -OCH3 is 1. The van der Waals surface area contributed by atoms with Crippen molar-refractivity contribution in [2.24, 2.45) is 5.92 Å². The molecule has 0 aromatic heterocycles. The monoisotopic (exact) mass is 383 g/mol. The summed E-state index contributed by atoms with van der Waals surface area (Å²) in [6.45, 7) is 3.83. The largest absolute Gasteiger partial charge is 0.493 e. The van der Waals surface area contributed by atoms with Crippen molar-refractivity contribution in [2.45, 2.75) is 32.1 Å². The van der Waals surface area contributed by atoms with Crippen molar-refractivity contribution in [1.29, 1.82) is 0 Å². The Morgan fingerprint density at radius 3 is 2.57 bits per heavy atom. The summed E-state index contributed by atoms with van der Waals surface area (Å²) >= 11 is 0. The van der Waals surface area contributed by atoms with E-state index in [0.717, 1.165) is 30.6 Å². The van der Waals surface area contributed by atoms with Crippen LogP contribution in [0.2, 0.25) is 0 Å². The van der Waals surface area contributed by atoms with Crippen LogP contribution in [0.5, 0.6) is 11.5 Å². The lowest BCUT2D eigenvalue weighted by Crippen LogP contribution is -2.26. The molecule has 0 aliphatic carbocycles. The van der Waals surface area contributed by atoms with Crippen molar-refractivity contribution < 1.29 is 19.4 Å². The number of aryl methyl sites for hydroxylation is 1. The molecule has 2 aromatic rings. The molecule has 28 heavy (non-hydrogen) atoms. The van der Waals surface area contributed by atoms with Gasteiger partial charge in [-0.1, -0.05) is 43.3 Å². The van der Waals surface area contributed by atoms with E-state index in [4.69, 9.17) is 9.47 Å². The topological polar surface area (TPSA) is 59.0 Å². The second-order valence-corrected chi connectivity index (χ2v) is 7.47. The third-order valence-electron chi connectivity index (χ3n) is 5.46. The number of nitrogens with zero attached hydrogens (tertiary/aromatic N) is 1. The predicted molar refractivity (Wildman–Crippen MR) is 109 cm³/mol. The van der Waals surface area contributed by atoms with Crippen molar-refractivity contribution in [2.75, 3.05) is 26.8 Å². The summed E-state index contributed by atoms with van der Waals surface area (Å²) in [4.78, 5) is 12.8. The average molecular weight is 383 g/mol. The van der Waals surface area contributed by atoms with Crippen molar-refractivity contribution >= 4 is 6.09 Å². The number of amides is 1. The van der Waals surface area contributed by atoms with Gasteiger partial charge in [0, 0.05) is 19.0 Å². The molecule has 1 saturated heterocycles. The van der Waals surface area contributed by atoms with Gasteiger partial charge < -0.3 is 19.5 Å². The van der Waals surface area contributed by atoms with Crippen LogP contribution < -0.4 is 9.47 Å². The van der Waals surface area contributed by atoms with Gasteiger partial charge in [0.25, 0.3) is 0 Å². The quantitative estimate of drug-likeness (QED) is 0.665. The average Bonchev–Trinajstić information content (AvgIpc) is 3.10. The van der Waals surface area contributed by atoms with E-state index in [2.05, 4.69) is 31.2 Å². The molecule has 0 bridgehead atoms. The van der Waals surface area contributed by atoms with Gasteiger partial charge in [-0.05, 0) is 48.4 Å². The highest BCUT2D eigenvalue weighted by atomic mass is 16.5. The van der Waals surface area contributed by atoms with E-state index in [1.807, 2.05) is 24.3 Å². The summed E-state index contributed by atoms with van der Waals surface area (Å²) in [5.41, 5.74) is 2.46. The van der Waals surface area contributed by atoms with E-state index in [-0.39, 0.29) is 11.8 Å². The van der Waals surface area contributed by atoms with Crippen LogP contribution >= 0.6 is 0 Å². The van der Waals surface area contributed by atoms with Crippen molar-refractivity contribution in [3.63, 3.8) is 0 Å². The summed E-state index contributed by atoms with van der Waals surface area (Å²) in [7, 11) is 1.64. The molecule has 1 fully saturated rings. The van der Waals surface area contributed by atoms with E-state index in [9.17, 15) is 9.90 Å². The number of carboxylic acid groups (broad SMARTS) is 1. The molecule has 150 valence electrons. The molecule has 1 heterocycles. The Morgan fingerprint density at radius 2 is 1.89 bits per heavy atom. The molecule has 1 aliphatic heterocycles. The maximum Gasteiger partial charge on any atom is 0.407 e. The van der Waals surface area contributed by atoms with Gasteiger partial charge in [0.15, 0.2) is 11.5 Å². The van der Waals surface area contributed by atoms with E-state index in [1.54, 1.807) is 7.11 Å². The van der Waals surface area contributed by atoms with E-state index in [0.29, 0.717) is 25.4 Å². The minimum atomic E-state index is -0.849. The zero-order chi connectivity index (χ0) is 19.9. The number of hydrogen-bond acceptors (Lipinski definition) is 3.